The van der Waals surface area contributed by atoms with Crippen molar-refractivity contribution in [3.05, 3.63) is 23.9 Å². The van der Waals surface area contributed by atoms with Gasteiger partial charge in [0, 0.05) is 6.20 Å². The molecule has 0 unspecified atom stereocenters. The Bertz CT molecular complexity index is 494. The van der Waals surface area contributed by atoms with E-state index in [4.69, 9.17) is 34.8 Å². The first-order valence-electron chi connectivity index (χ1n) is 7.26. The Kier molecular flexibility index (Phi) is 5.15. The van der Waals surface area contributed by atoms with Gasteiger partial charge in [-0.15, -0.1) is 11.6 Å². The number of nitrogens with zero attached hydrogens (tertiary/aromatic N) is 1. The second kappa shape index (κ2) is 6.23. The first kappa shape index (κ1) is 17.3. The zero-order valence-corrected chi connectivity index (χ0v) is 14.9. The number of allylic oxidation sites excluding steroid dienone is 3. The second-order valence-electron chi connectivity index (χ2n) is 7.00. The smallest absolute Gasteiger partial charge is 0.196 e. The van der Waals surface area contributed by atoms with E-state index in [1.165, 1.54) is 5.57 Å². The van der Waals surface area contributed by atoms with E-state index >= 15 is 0 Å². The molecule has 2 aliphatic rings. The number of rotatable bonds is 2. The summed E-state index contributed by atoms with van der Waals surface area (Å²) in [6.07, 6.45) is 8.11. The molecule has 2 nitrogen and oxygen atoms in total. The number of aliphatic hydroxyl groups excluding tert-OH is 1. The van der Waals surface area contributed by atoms with Gasteiger partial charge in [0.05, 0.1) is 11.5 Å². The van der Waals surface area contributed by atoms with Crippen molar-refractivity contribution >= 4 is 39.4 Å². The molecule has 0 heterocycles. The number of halogens is 3. The van der Waals surface area contributed by atoms with Crippen LogP contribution in [0.25, 0.3) is 0 Å². The van der Waals surface area contributed by atoms with Crippen molar-refractivity contribution in [2.24, 2.45) is 21.7 Å². The number of aliphatic hydroxyl groups is 1. The van der Waals surface area contributed by atoms with Crippen LogP contribution in [0.2, 0.25) is 0 Å². The van der Waals surface area contributed by atoms with Crippen LogP contribution >= 0.6 is 34.8 Å². The highest BCUT2D eigenvalue weighted by molar-refractivity contribution is 6.95. The fourth-order valence-electron chi connectivity index (χ4n) is 4.22. The van der Waals surface area contributed by atoms with Gasteiger partial charge in [0.25, 0.3) is 0 Å². The van der Waals surface area contributed by atoms with Gasteiger partial charge >= 0.3 is 0 Å². The third kappa shape index (κ3) is 3.50. The first-order valence-corrected chi connectivity index (χ1v) is 8.45. The standard InChI is InChI=1S/C16H22Cl3NO/c1-15(2)12-5-4-10(6-7-20-14(18)19)8-16(12,3)9-11(21)13(15)17/h6-8,11-13,21H,4-5,9H2,1-3H3/b7-6+/t11-,12-,13-,16-/m0/s1. The minimum absolute atomic E-state index is 0.00551. The van der Waals surface area contributed by atoms with Gasteiger partial charge in [-0.1, -0.05) is 26.8 Å². The Morgan fingerprint density at radius 2 is 2.05 bits per heavy atom. The molecule has 0 aromatic carbocycles. The van der Waals surface area contributed by atoms with Crippen molar-refractivity contribution in [3.63, 3.8) is 0 Å². The summed E-state index contributed by atoms with van der Waals surface area (Å²) < 4.78 is 0.00551. The average molecular weight is 351 g/mol. The van der Waals surface area contributed by atoms with Crippen LogP contribution in [0, 0.1) is 16.7 Å². The number of fused-ring (bicyclic) bond motifs is 1. The van der Waals surface area contributed by atoms with Crippen LogP contribution in [0.15, 0.2) is 28.9 Å². The molecule has 118 valence electrons. The van der Waals surface area contributed by atoms with Crippen molar-refractivity contribution in [2.45, 2.75) is 51.5 Å². The summed E-state index contributed by atoms with van der Waals surface area (Å²) in [5, 5.41) is 10.1. The fraction of sp³-hybridized carbons (Fsp3) is 0.688. The molecule has 1 fully saturated rings. The maximum atomic E-state index is 10.3. The summed E-state index contributed by atoms with van der Waals surface area (Å²) in [5.74, 6) is 0.466. The Balaban J connectivity index is 2.28. The number of aliphatic imine (C=N–C) groups is 1. The summed E-state index contributed by atoms with van der Waals surface area (Å²) >= 11 is 17.5. The minimum Gasteiger partial charge on any atom is -0.392 e. The maximum absolute atomic E-state index is 10.3. The third-order valence-corrected chi connectivity index (χ3v) is 6.14. The molecule has 0 aromatic heterocycles. The van der Waals surface area contributed by atoms with E-state index in [9.17, 15) is 5.11 Å². The van der Waals surface area contributed by atoms with Gasteiger partial charge in [-0.2, -0.15) is 0 Å². The molecule has 0 saturated heterocycles. The van der Waals surface area contributed by atoms with E-state index in [1.54, 1.807) is 6.20 Å². The predicted molar refractivity (Wildman–Crippen MR) is 91.2 cm³/mol. The molecule has 1 saturated carbocycles. The monoisotopic (exact) mass is 349 g/mol. The molecule has 0 aliphatic heterocycles. The van der Waals surface area contributed by atoms with Crippen molar-refractivity contribution in [2.75, 3.05) is 0 Å². The van der Waals surface area contributed by atoms with Crippen molar-refractivity contribution < 1.29 is 5.11 Å². The SMILES string of the molecule is CC1(C)[C@@H](Cl)[C@@H](O)C[C@]2(C)C=C(/C=C/N=C(Cl)Cl)CC[C@@H]12. The lowest BCUT2D eigenvalue weighted by Gasteiger charge is -2.55. The molecule has 1 N–H and O–H groups in total. The molecule has 0 spiro atoms. The summed E-state index contributed by atoms with van der Waals surface area (Å²) in [6, 6.07) is 0. The molecule has 0 amide bonds. The lowest BCUT2D eigenvalue weighted by molar-refractivity contribution is -0.0477. The number of hydrogen-bond donors (Lipinski definition) is 1. The molecule has 0 radical (unpaired) electrons. The van der Waals surface area contributed by atoms with Gasteiger partial charge in [-0.3, -0.25) is 0 Å². The quantitative estimate of drug-likeness (QED) is 0.547. The zero-order chi connectivity index (χ0) is 15.8. The van der Waals surface area contributed by atoms with Crippen molar-refractivity contribution in [1.29, 1.82) is 0 Å². The second-order valence-corrected chi connectivity index (χ2v) is 8.38. The van der Waals surface area contributed by atoms with E-state index < -0.39 is 6.10 Å². The molecule has 0 bridgehead atoms. The van der Waals surface area contributed by atoms with Gasteiger partial charge in [0.2, 0.25) is 0 Å². The molecule has 2 rings (SSSR count). The van der Waals surface area contributed by atoms with E-state index in [0.29, 0.717) is 12.3 Å². The number of hydrogen-bond acceptors (Lipinski definition) is 2. The molecule has 5 heteroatoms. The third-order valence-electron chi connectivity index (χ3n) is 5.09. The Labute approximate surface area is 141 Å². The van der Waals surface area contributed by atoms with Crippen molar-refractivity contribution in [1.82, 2.24) is 0 Å². The van der Waals surface area contributed by atoms with Crippen LogP contribution in [0.3, 0.4) is 0 Å². The lowest BCUT2D eigenvalue weighted by Crippen LogP contribution is -2.54. The highest BCUT2D eigenvalue weighted by atomic mass is 35.5. The molecule has 2 aliphatic carbocycles. The fourth-order valence-corrected chi connectivity index (χ4v) is 4.58. The largest absolute Gasteiger partial charge is 0.392 e. The van der Waals surface area contributed by atoms with E-state index in [-0.39, 0.29) is 20.8 Å². The van der Waals surface area contributed by atoms with Gasteiger partial charge in [-0.25, -0.2) is 4.99 Å². The average Bonchev–Trinajstić information content (AvgIpc) is 2.35. The Hall–Kier alpha value is -0.0200. The summed E-state index contributed by atoms with van der Waals surface area (Å²) in [6.45, 7) is 6.56. The molecule has 0 aromatic rings. The minimum atomic E-state index is -0.474. The highest BCUT2D eigenvalue weighted by Crippen LogP contribution is 2.57. The zero-order valence-electron chi connectivity index (χ0n) is 12.6. The van der Waals surface area contributed by atoms with Gasteiger partial charge < -0.3 is 5.11 Å². The highest BCUT2D eigenvalue weighted by Gasteiger charge is 2.54. The maximum Gasteiger partial charge on any atom is 0.196 e. The Morgan fingerprint density at radius 1 is 1.38 bits per heavy atom. The molecule has 4 atom stereocenters. The molecular weight excluding hydrogens is 329 g/mol. The molecule has 21 heavy (non-hydrogen) atoms. The normalized spacial score (nSPS) is 38.8. The first-order chi connectivity index (χ1) is 9.67. The van der Waals surface area contributed by atoms with Crippen LogP contribution < -0.4 is 0 Å². The van der Waals surface area contributed by atoms with Crippen LogP contribution in [0.1, 0.15) is 40.0 Å². The van der Waals surface area contributed by atoms with Crippen molar-refractivity contribution in [3.8, 4) is 0 Å². The van der Waals surface area contributed by atoms with Crippen LogP contribution in [-0.4, -0.2) is 21.2 Å². The van der Waals surface area contributed by atoms with Gasteiger partial charge in [0.15, 0.2) is 4.63 Å². The Morgan fingerprint density at radius 3 is 2.67 bits per heavy atom. The van der Waals surface area contributed by atoms with Gasteiger partial charge in [-0.05, 0) is 70.9 Å². The predicted octanol–water partition coefficient (Wildman–Crippen LogP) is 5.07. The van der Waals surface area contributed by atoms with E-state index in [1.807, 2.05) is 6.08 Å². The summed E-state index contributed by atoms with van der Waals surface area (Å²) in [7, 11) is 0. The summed E-state index contributed by atoms with van der Waals surface area (Å²) in [5.41, 5.74) is 1.08. The number of alkyl halides is 1. The topological polar surface area (TPSA) is 32.6 Å². The molecular formula is C16H22Cl3NO. The lowest BCUT2D eigenvalue weighted by atomic mass is 9.52. The van der Waals surface area contributed by atoms with Gasteiger partial charge in [0.1, 0.15) is 0 Å². The van der Waals surface area contributed by atoms with E-state index in [0.717, 1.165) is 12.8 Å². The van der Waals surface area contributed by atoms with Crippen LogP contribution in [0.5, 0.6) is 0 Å². The van der Waals surface area contributed by atoms with E-state index in [2.05, 4.69) is 31.8 Å². The van der Waals surface area contributed by atoms with Crippen LogP contribution in [0.4, 0.5) is 0 Å². The van der Waals surface area contributed by atoms with Crippen LogP contribution in [-0.2, 0) is 0 Å². The summed E-state index contributed by atoms with van der Waals surface area (Å²) in [4.78, 5) is 3.86.